The third kappa shape index (κ3) is 3.54. The molecule has 19 heavy (non-hydrogen) atoms. The van der Waals surface area contributed by atoms with Crippen molar-refractivity contribution in [2.24, 2.45) is 0 Å². The van der Waals surface area contributed by atoms with Crippen molar-refractivity contribution >= 4 is 11.9 Å². The van der Waals surface area contributed by atoms with Crippen molar-refractivity contribution in [3.05, 3.63) is 35.9 Å². The van der Waals surface area contributed by atoms with E-state index in [4.69, 9.17) is 5.11 Å². The Kier molecular flexibility index (Phi) is 4.32. The minimum absolute atomic E-state index is 0.333. The first-order valence-corrected chi connectivity index (χ1v) is 5.97. The van der Waals surface area contributed by atoms with Crippen molar-refractivity contribution < 1.29 is 19.8 Å². The Morgan fingerprint density at radius 2 is 1.68 bits per heavy atom. The number of hydrogen-bond acceptors (Lipinski definition) is 3. The lowest BCUT2D eigenvalue weighted by Gasteiger charge is -2.26. The van der Waals surface area contributed by atoms with Gasteiger partial charge in [0.15, 0.2) is 5.60 Å². The zero-order valence-corrected chi connectivity index (χ0v) is 11.3. The first kappa shape index (κ1) is 15.2. The van der Waals surface area contributed by atoms with Crippen LogP contribution in [0, 0.1) is 0 Å². The zero-order chi connectivity index (χ0) is 14.7. The molecule has 0 radical (unpaired) electrons. The van der Waals surface area contributed by atoms with E-state index in [-0.39, 0.29) is 12.5 Å². The highest BCUT2D eigenvalue weighted by atomic mass is 16.4. The van der Waals surface area contributed by atoms with Crippen molar-refractivity contribution in [1.82, 2.24) is 5.32 Å². The van der Waals surface area contributed by atoms with Gasteiger partial charge in [0.25, 0.3) is 0 Å². The Morgan fingerprint density at radius 1 is 1.16 bits per heavy atom. The number of hydrogen-bond donors (Lipinski definition) is 3. The standard InChI is InChI=1S/C14H19NO4/c1-13(2,10-7-5-4-6-8-10)11(16)15-9-14(3,19)12(17)18/h4-8,19H,9H2,1-3H3,(H,15,16)(H,17,18). The molecule has 0 saturated carbocycles. The van der Waals surface area contributed by atoms with Crippen LogP contribution in [0.25, 0.3) is 0 Å². The lowest BCUT2D eigenvalue weighted by Crippen LogP contribution is -2.50. The number of rotatable bonds is 5. The molecule has 5 nitrogen and oxygen atoms in total. The quantitative estimate of drug-likeness (QED) is 0.738. The third-order valence-corrected chi connectivity index (χ3v) is 3.12. The van der Waals surface area contributed by atoms with E-state index in [0.29, 0.717) is 0 Å². The maximum atomic E-state index is 12.1. The summed E-state index contributed by atoms with van der Waals surface area (Å²) in [4.78, 5) is 22.9. The Morgan fingerprint density at radius 3 is 2.16 bits per heavy atom. The molecule has 0 aliphatic heterocycles. The van der Waals surface area contributed by atoms with Gasteiger partial charge in [0.2, 0.25) is 5.91 Å². The first-order valence-electron chi connectivity index (χ1n) is 5.97. The fourth-order valence-electron chi connectivity index (χ4n) is 1.53. The van der Waals surface area contributed by atoms with E-state index in [1.807, 2.05) is 30.3 Å². The molecule has 1 aromatic rings. The van der Waals surface area contributed by atoms with Crippen molar-refractivity contribution in [2.45, 2.75) is 31.8 Å². The molecule has 0 aliphatic carbocycles. The van der Waals surface area contributed by atoms with Crippen LogP contribution in [0.2, 0.25) is 0 Å². The molecule has 0 bridgehead atoms. The number of nitrogens with one attached hydrogen (secondary N) is 1. The van der Waals surface area contributed by atoms with Crippen molar-refractivity contribution in [3.63, 3.8) is 0 Å². The number of carbonyl (C=O) groups excluding carboxylic acids is 1. The van der Waals surface area contributed by atoms with Gasteiger partial charge >= 0.3 is 5.97 Å². The van der Waals surface area contributed by atoms with E-state index in [1.165, 1.54) is 0 Å². The Bertz CT molecular complexity index is 466. The van der Waals surface area contributed by atoms with Crippen LogP contribution in [-0.4, -0.2) is 34.2 Å². The minimum atomic E-state index is -1.97. The summed E-state index contributed by atoms with van der Waals surface area (Å²) in [7, 11) is 0. The predicted octanol–water partition coefficient (Wildman–Crippen LogP) is 0.916. The topological polar surface area (TPSA) is 86.6 Å². The molecule has 1 amide bonds. The first-order chi connectivity index (χ1) is 8.68. The van der Waals surface area contributed by atoms with E-state index in [1.54, 1.807) is 13.8 Å². The summed E-state index contributed by atoms with van der Waals surface area (Å²) in [5.41, 5.74) is -1.94. The SMILES string of the molecule is CC(O)(CNC(=O)C(C)(C)c1ccccc1)C(=O)O. The highest BCUT2D eigenvalue weighted by Crippen LogP contribution is 2.23. The molecular formula is C14H19NO4. The molecule has 5 heteroatoms. The lowest BCUT2D eigenvalue weighted by atomic mass is 9.83. The molecule has 0 fully saturated rings. The second-order valence-corrected chi connectivity index (χ2v) is 5.25. The van der Waals surface area contributed by atoms with Gasteiger partial charge < -0.3 is 15.5 Å². The molecular weight excluding hydrogens is 246 g/mol. The fraction of sp³-hybridized carbons (Fsp3) is 0.429. The van der Waals surface area contributed by atoms with Crippen LogP contribution in [0.5, 0.6) is 0 Å². The average molecular weight is 265 g/mol. The summed E-state index contributed by atoms with van der Waals surface area (Å²) >= 11 is 0. The van der Waals surface area contributed by atoms with E-state index in [0.717, 1.165) is 12.5 Å². The smallest absolute Gasteiger partial charge is 0.337 e. The molecule has 0 spiro atoms. The minimum Gasteiger partial charge on any atom is -0.479 e. The number of carboxylic acid groups (broad SMARTS) is 1. The Labute approximate surface area is 112 Å². The predicted molar refractivity (Wildman–Crippen MR) is 70.7 cm³/mol. The van der Waals surface area contributed by atoms with Gasteiger partial charge in [-0.3, -0.25) is 4.79 Å². The zero-order valence-electron chi connectivity index (χ0n) is 11.3. The van der Waals surface area contributed by atoms with Gasteiger partial charge in [0.1, 0.15) is 0 Å². The van der Waals surface area contributed by atoms with Crippen molar-refractivity contribution in [1.29, 1.82) is 0 Å². The molecule has 1 rings (SSSR count). The van der Waals surface area contributed by atoms with Crippen LogP contribution < -0.4 is 5.32 Å². The van der Waals surface area contributed by atoms with Gasteiger partial charge in [-0.1, -0.05) is 30.3 Å². The highest BCUT2D eigenvalue weighted by molar-refractivity contribution is 5.88. The average Bonchev–Trinajstić information content (AvgIpc) is 2.36. The maximum absolute atomic E-state index is 12.1. The normalized spacial score (nSPS) is 14.5. The Hall–Kier alpha value is -1.88. The van der Waals surface area contributed by atoms with Crippen LogP contribution in [0.15, 0.2) is 30.3 Å². The molecule has 0 aliphatic rings. The molecule has 1 atom stereocenters. The van der Waals surface area contributed by atoms with E-state index in [9.17, 15) is 14.7 Å². The van der Waals surface area contributed by atoms with Gasteiger partial charge in [0.05, 0.1) is 12.0 Å². The number of aliphatic carboxylic acids is 1. The summed E-state index contributed by atoms with van der Waals surface area (Å²) in [6.07, 6.45) is 0. The van der Waals surface area contributed by atoms with E-state index in [2.05, 4.69) is 5.32 Å². The maximum Gasteiger partial charge on any atom is 0.337 e. The van der Waals surface area contributed by atoms with E-state index >= 15 is 0 Å². The molecule has 104 valence electrons. The molecule has 0 saturated heterocycles. The van der Waals surface area contributed by atoms with Crippen LogP contribution in [0.3, 0.4) is 0 Å². The van der Waals surface area contributed by atoms with Crippen LogP contribution in [0.4, 0.5) is 0 Å². The molecule has 0 heterocycles. The monoisotopic (exact) mass is 265 g/mol. The van der Waals surface area contributed by atoms with Gasteiger partial charge in [-0.05, 0) is 26.3 Å². The number of aliphatic hydroxyl groups is 1. The largest absolute Gasteiger partial charge is 0.479 e. The number of amides is 1. The van der Waals surface area contributed by atoms with E-state index < -0.39 is 17.0 Å². The second kappa shape index (κ2) is 5.40. The van der Waals surface area contributed by atoms with Gasteiger partial charge in [0, 0.05) is 0 Å². The lowest BCUT2D eigenvalue weighted by molar-refractivity contribution is -0.156. The van der Waals surface area contributed by atoms with Gasteiger partial charge in [-0.15, -0.1) is 0 Å². The van der Waals surface area contributed by atoms with Crippen LogP contribution >= 0.6 is 0 Å². The third-order valence-electron chi connectivity index (χ3n) is 3.12. The fourth-order valence-corrected chi connectivity index (χ4v) is 1.53. The summed E-state index contributed by atoms with van der Waals surface area (Å²) < 4.78 is 0. The Balaban J connectivity index is 2.76. The second-order valence-electron chi connectivity index (χ2n) is 5.25. The van der Waals surface area contributed by atoms with Crippen LogP contribution in [-0.2, 0) is 15.0 Å². The summed E-state index contributed by atoms with van der Waals surface area (Å²) in [6, 6.07) is 9.17. The van der Waals surface area contributed by atoms with Crippen molar-refractivity contribution in [3.8, 4) is 0 Å². The summed E-state index contributed by atoms with van der Waals surface area (Å²) in [6.45, 7) is 4.29. The number of carbonyl (C=O) groups is 2. The van der Waals surface area contributed by atoms with Crippen molar-refractivity contribution in [2.75, 3.05) is 6.54 Å². The summed E-state index contributed by atoms with van der Waals surface area (Å²) in [5.74, 6) is -1.70. The highest BCUT2D eigenvalue weighted by Gasteiger charge is 2.34. The molecule has 3 N–H and O–H groups in total. The summed E-state index contributed by atoms with van der Waals surface area (Å²) in [5, 5.41) is 20.8. The van der Waals surface area contributed by atoms with Gasteiger partial charge in [-0.2, -0.15) is 0 Å². The van der Waals surface area contributed by atoms with Gasteiger partial charge in [-0.25, -0.2) is 4.79 Å². The number of benzene rings is 1. The van der Waals surface area contributed by atoms with Crippen LogP contribution in [0.1, 0.15) is 26.3 Å². The molecule has 0 aromatic heterocycles. The number of carboxylic acids is 1. The molecule has 1 unspecified atom stereocenters. The molecule has 1 aromatic carbocycles.